The SMILES string of the molecule is CO[C@@H]1C([C@@]2(O)C(=O)C(OC(C)C)=C2OC(C)C)=CCC1(C)C. The average Bonchev–Trinajstić information content (AvgIpc) is 2.76. The Morgan fingerprint density at radius 1 is 1.17 bits per heavy atom. The highest BCUT2D eigenvalue weighted by Gasteiger charge is 2.63. The second kappa shape index (κ2) is 5.95. The molecule has 0 unspecified atom stereocenters. The average molecular weight is 324 g/mol. The van der Waals surface area contributed by atoms with Crippen LogP contribution in [-0.4, -0.2) is 41.9 Å². The van der Waals surface area contributed by atoms with Crippen LogP contribution in [0.4, 0.5) is 0 Å². The Balaban J connectivity index is 2.44. The van der Waals surface area contributed by atoms with Crippen LogP contribution >= 0.6 is 0 Å². The molecule has 1 N–H and O–H groups in total. The van der Waals surface area contributed by atoms with Gasteiger partial charge in [0.05, 0.1) is 18.3 Å². The lowest BCUT2D eigenvalue weighted by molar-refractivity contribution is -0.147. The minimum absolute atomic E-state index is 0.122. The Hall–Kier alpha value is -1.33. The first-order valence-electron chi connectivity index (χ1n) is 8.14. The molecule has 2 aliphatic carbocycles. The highest BCUT2D eigenvalue weighted by atomic mass is 16.6. The number of Topliss-reactive ketones (excluding diaryl/α,β-unsaturated/α-hetero) is 1. The molecule has 0 spiro atoms. The van der Waals surface area contributed by atoms with Crippen molar-refractivity contribution in [3.05, 3.63) is 23.2 Å². The first kappa shape index (κ1) is 18.0. The van der Waals surface area contributed by atoms with Crippen molar-refractivity contribution in [2.45, 2.75) is 71.9 Å². The van der Waals surface area contributed by atoms with Gasteiger partial charge < -0.3 is 19.3 Å². The van der Waals surface area contributed by atoms with Gasteiger partial charge in [-0.3, -0.25) is 4.79 Å². The lowest BCUT2D eigenvalue weighted by Gasteiger charge is -2.43. The highest BCUT2D eigenvalue weighted by Crippen LogP contribution is 2.51. The van der Waals surface area contributed by atoms with E-state index in [4.69, 9.17) is 14.2 Å². The molecule has 0 radical (unpaired) electrons. The molecule has 5 nitrogen and oxygen atoms in total. The minimum atomic E-state index is -1.77. The van der Waals surface area contributed by atoms with E-state index < -0.39 is 11.4 Å². The second-order valence-electron chi connectivity index (χ2n) is 7.50. The summed E-state index contributed by atoms with van der Waals surface area (Å²) in [6.07, 6.45) is 1.93. The van der Waals surface area contributed by atoms with Gasteiger partial charge in [-0.05, 0) is 39.5 Å². The van der Waals surface area contributed by atoms with E-state index >= 15 is 0 Å². The quantitative estimate of drug-likeness (QED) is 0.761. The van der Waals surface area contributed by atoms with Gasteiger partial charge >= 0.3 is 0 Å². The number of methoxy groups -OCH3 is 1. The van der Waals surface area contributed by atoms with Crippen LogP contribution in [0.15, 0.2) is 23.2 Å². The summed E-state index contributed by atoms with van der Waals surface area (Å²) in [5.41, 5.74) is -1.40. The molecule has 0 aromatic rings. The number of hydrogen-bond donors (Lipinski definition) is 1. The van der Waals surface area contributed by atoms with Crippen molar-refractivity contribution in [3.63, 3.8) is 0 Å². The van der Waals surface area contributed by atoms with Crippen molar-refractivity contribution < 1.29 is 24.1 Å². The zero-order valence-electron chi connectivity index (χ0n) is 15.1. The zero-order chi connectivity index (χ0) is 17.6. The fraction of sp³-hybridized carbons (Fsp3) is 0.722. The van der Waals surface area contributed by atoms with Gasteiger partial charge in [0.25, 0.3) is 0 Å². The first-order chi connectivity index (χ1) is 10.6. The molecule has 23 heavy (non-hydrogen) atoms. The Morgan fingerprint density at radius 3 is 2.22 bits per heavy atom. The van der Waals surface area contributed by atoms with E-state index in [2.05, 4.69) is 13.8 Å². The van der Waals surface area contributed by atoms with Crippen molar-refractivity contribution in [1.82, 2.24) is 0 Å². The second-order valence-corrected chi connectivity index (χ2v) is 7.50. The lowest BCUT2D eigenvalue weighted by Crippen LogP contribution is -2.57. The summed E-state index contributed by atoms with van der Waals surface area (Å²) in [4.78, 5) is 12.7. The molecule has 0 heterocycles. The van der Waals surface area contributed by atoms with Crippen molar-refractivity contribution in [3.8, 4) is 0 Å². The van der Waals surface area contributed by atoms with Crippen LogP contribution in [0.2, 0.25) is 0 Å². The largest absolute Gasteiger partial charge is 0.487 e. The third-order valence-corrected chi connectivity index (χ3v) is 4.27. The third kappa shape index (κ3) is 2.81. The monoisotopic (exact) mass is 324 g/mol. The van der Waals surface area contributed by atoms with E-state index in [1.807, 2.05) is 33.8 Å². The van der Waals surface area contributed by atoms with Gasteiger partial charge in [-0.15, -0.1) is 0 Å². The van der Waals surface area contributed by atoms with Crippen LogP contribution in [-0.2, 0) is 19.0 Å². The summed E-state index contributed by atoms with van der Waals surface area (Å²) in [5, 5.41) is 11.1. The number of carbonyl (C=O) groups is 1. The fourth-order valence-corrected chi connectivity index (χ4v) is 3.24. The van der Waals surface area contributed by atoms with Gasteiger partial charge in [0.2, 0.25) is 17.1 Å². The number of ether oxygens (including phenoxy) is 3. The van der Waals surface area contributed by atoms with E-state index in [1.54, 1.807) is 7.11 Å². The van der Waals surface area contributed by atoms with E-state index in [0.717, 1.165) is 6.42 Å². The molecule has 0 fully saturated rings. The number of rotatable bonds is 6. The molecule has 0 aromatic carbocycles. The molecule has 5 heteroatoms. The maximum absolute atomic E-state index is 12.7. The van der Waals surface area contributed by atoms with Gasteiger partial charge in [-0.1, -0.05) is 19.9 Å². The maximum atomic E-state index is 12.7. The molecule has 0 bridgehead atoms. The molecule has 130 valence electrons. The molecule has 0 amide bonds. The number of aliphatic hydroxyl groups is 1. The molecule has 0 saturated carbocycles. The lowest BCUT2D eigenvalue weighted by atomic mass is 9.72. The van der Waals surface area contributed by atoms with Crippen LogP contribution in [0.1, 0.15) is 48.0 Å². The summed E-state index contributed by atoms with van der Waals surface area (Å²) in [6.45, 7) is 11.5. The van der Waals surface area contributed by atoms with Gasteiger partial charge in [0.15, 0.2) is 5.76 Å². The molecule has 0 aromatic heterocycles. The summed E-state index contributed by atoms with van der Waals surface area (Å²) >= 11 is 0. The van der Waals surface area contributed by atoms with Gasteiger partial charge in [-0.25, -0.2) is 0 Å². The normalized spacial score (nSPS) is 29.9. The van der Waals surface area contributed by atoms with Crippen LogP contribution in [0, 0.1) is 5.41 Å². The zero-order valence-corrected chi connectivity index (χ0v) is 15.1. The van der Waals surface area contributed by atoms with E-state index in [9.17, 15) is 9.90 Å². The number of ketones is 1. The molecule has 2 rings (SSSR count). The first-order valence-corrected chi connectivity index (χ1v) is 8.14. The van der Waals surface area contributed by atoms with E-state index in [1.165, 1.54) is 0 Å². The van der Waals surface area contributed by atoms with Crippen LogP contribution < -0.4 is 0 Å². The van der Waals surface area contributed by atoms with Crippen LogP contribution in [0.3, 0.4) is 0 Å². The van der Waals surface area contributed by atoms with Crippen LogP contribution in [0.5, 0.6) is 0 Å². The van der Waals surface area contributed by atoms with Crippen molar-refractivity contribution in [1.29, 1.82) is 0 Å². The fourth-order valence-electron chi connectivity index (χ4n) is 3.24. The topological polar surface area (TPSA) is 65.0 Å². The summed E-state index contributed by atoms with van der Waals surface area (Å²) in [6, 6.07) is 0. The van der Waals surface area contributed by atoms with E-state index in [0.29, 0.717) is 5.57 Å². The number of allylic oxidation sites excluding steroid dienone is 1. The molecular formula is C18H28O5. The summed E-state index contributed by atoms with van der Waals surface area (Å²) in [7, 11) is 1.59. The Labute approximate surface area is 138 Å². The Bertz CT molecular complexity index is 556. The summed E-state index contributed by atoms with van der Waals surface area (Å²) in [5.74, 6) is -0.123. The Morgan fingerprint density at radius 2 is 1.74 bits per heavy atom. The number of carbonyl (C=O) groups excluding carboxylic acids is 1. The highest BCUT2D eigenvalue weighted by molar-refractivity contribution is 6.12. The molecule has 0 aliphatic heterocycles. The predicted molar refractivity (Wildman–Crippen MR) is 86.7 cm³/mol. The molecule has 2 aliphatic rings. The number of hydrogen-bond acceptors (Lipinski definition) is 5. The van der Waals surface area contributed by atoms with Crippen LogP contribution in [0.25, 0.3) is 0 Å². The molecule has 0 saturated heterocycles. The molecule has 2 atom stereocenters. The predicted octanol–water partition coefficient (Wildman–Crippen LogP) is 2.73. The van der Waals surface area contributed by atoms with E-state index in [-0.39, 0.29) is 35.2 Å². The van der Waals surface area contributed by atoms with Gasteiger partial charge in [0.1, 0.15) is 0 Å². The van der Waals surface area contributed by atoms with Gasteiger partial charge in [0, 0.05) is 12.7 Å². The third-order valence-electron chi connectivity index (χ3n) is 4.27. The smallest absolute Gasteiger partial charge is 0.244 e. The maximum Gasteiger partial charge on any atom is 0.244 e. The summed E-state index contributed by atoms with van der Waals surface area (Å²) < 4.78 is 16.9. The molecular weight excluding hydrogens is 296 g/mol. The van der Waals surface area contributed by atoms with Crippen molar-refractivity contribution in [2.75, 3.05) is 7.11 Å². The minimum Gasteiger partial charge on any atom is -0.487 e. The van der Waals surface area contributed by atoms with Crippen molar-refractivity contribution in [2.24, 2.45) is 5.41 Å². The van der Waals surface area contributed by atoms with Gasteiger partial charge in [-0.2, -0.15) is 0 Å². The van der Waals surface area contributed by atoms with Crippen molar-refractivity contribution >= 4 is 5.78 Å². The Kier molecular flexibility index (Phi) is 4.66. The standard InChI is InChI=1S/C18H28O5/c1-10(2)22-13-14(19)18(20,16(13)23-11(3)4)12-8-9-17(5,6)15(12)21-7/h8,10-11,15,20H,9H2,1-7H3/t15-,18-/m1/s1.